The van der Waals surface area contributed by atoms with E-state index in [2.05, 4.69) is 9.88 Å². The molecule has 0 aliphatic carbocycles. The summed E-state index contributed by atoms with van der Waals surface area (Å²) in [5, 5.41) is 0. The van der Waals surface area contributed by atoms with Crippen molar-refractivity contribution in [2.24, 2.45) is 0 Å². The zero-order chi connectivity index (χ0) is 13.9. The highest BCUT2D eigenvalue weighted by Gasteiger charge is 2.30. The van der Waals surface area contributed by atoms with E-state index in [4.69, 9.17) is 9.47 Å². The van der Waals surface area contributed by atoms with Crippen molar-refractivity contribution in [1.29, 1.82) is 0 Å². The molecule has 5 nitrogen and oxygen atoms in total. The highest BCUT2D eigenvalue weighted by molar-refractivity contribution is 5.87. The van der Waals surface area contributed by atoms with Crippen molar-refractivity contribution in [1.82, 2.24) is 9.88 Å². The van der Waals surface area contributed by atoms with Crippen LogP contribution in [0.2, 0.25) is 0 Å². The van der Waals surface area contributed by atoms with Crippen LogP contribution in [-0.4, -0.2) is 55.3 Å². The minimum atomic E-state index is -0.365. The molecule has 108 valence electrons. The predicted octanol–water partition coefficient (Wildman–Crippen LogP) is 1.45. The Balaban J connectivity index is 1.63. The van der Waals surface area contributed by atoms with Gasteiger partial charge in [0, 0.05) is 6.20 Å². The summed E-state index contributed by atoms with van der Waals surface area (Å²) in [6.45, 7) is 3.97. The molecule has 2 fully saturated rings. The minimum absolute atomic E-state index is 0.365. The lowest BCUT2D eigenvalue weighted by Gasteiger charge is -2.41. The van der Waals surface area contributed by atoms with Gasteiger partial charge in [0.05, 0.1) is 26.4 Å². The number of carbonyl (C=O) groups excluding carboxylic acids is 1. The largest absolute Gasteiger partial charge is 0.464 e. The number of pyridine rings is 1. The highest BCUT2D eigenvalue weighted by Crippen LogP contribution is 2.30. The Kier molecular flexibility index (Phi) is 3.98. The summed E-state index contributed by atoms with van der Waals surface area (Å²) in [7, 11) is 1.38. The molecular weight excluding hydrogens is 256 g/mol. The number of esters is 1. The number of aromatic nitrogens is 1. The van der Waals surface area contributed by atoms with E-state index < -0.39 is 0 Å². The van der Waals surface area contributed by atoms with Crippen molar-refractivity contribution in [3.05, 3.63) is 29.6 Å². The van der Waals surface area contributed by atoms with Gasteiger partial charge in [-0.15, -0.1) is 0 Å². The minimum Gasteiger partial charge on any atom is -0.464 e. The molecule has 0 aromatic carbocycles. The third-order valence-corrected chi connectivity index (χ3v) is 4.32. The Hall–Kier alpha value is -1.46. The molecular formula is C15H20N2O3. The third-order valence-electron chi connectivity index (χ3n) is 4.32. The van der Waals surface area contributed by atoms with E-state index in [1.807, 2.05) is 12.1 Å². The average Bonchev–Trinajstić information content (AvgIpc) is 2.45. The second-order valence-electron chi connectivity index (χ2n) is 5.47. The van der Waals surface area contributed by atoms with Gasteiger partial charge in [0.2, 0.25) is 0 Å². The van der Waals surface area contributed by atoms with Gasteiger partial charge < -0.3 is 9.47 Å². The number of ether oxygens (including phenoxy) is 2. The summed E-state index contributed by atoms with van der Waals surface area (Å²) in [4.78, 5) is 18.1. The fourth-order valence-electron chi connectivity index (χ4n) is 2.95. The number of carbonyl (C=O) groups is 1. The number of hydrogen-bond donors (Lipinski definition) is 0. The summed E-state index contributed by atoms with van der Waals surface area (Å²) in [5.74, 6) is 0.148. The molecule has 0 spiro atoms. The number of methoxy groups -OCH3 is 1. The van der Waals surface area contributed by atoms with Crippen LogP contribution in [0.5, 0.6) is 0 Å². The second-order valence-corrected chi connectivity index (χ2v) is 5.47. The summed E-state index contributed by atoms with van der Waals surface area (Å²) in [5.41, 5.74) is 1.60. The molecule has 0 N–H and O–H groups in total. The first-order chi connectivity index (χ1) is 9.78. The fourth-order valence-corrected chi connectivity index (χ4v) is 2.95. The van der Waals surface area contributed by atoms with E-state index in [0.29, 0.717) is 17.7 Å². The van der Waals surface area contributed by atoms with Crippen LogP contribution in [0.3, 0.4) is 0 Å². The summed E-state index contributed by atoms with van der Waals surface area (Å²) in [6.07, 6.45) is 3.95. The van der Waals surface area contributed by atoms with Gasteiger partial charge in [-0.25, -0.2) is 9.78 Å². The van der Waals surface area contributed by atoms with Crippen LogP contribution < -0.4 is 0 Å². The van der Waals surface area contributed by atoms with Gasteiger partial charge in [-0.1, -0.05) is 0 Å². The average molecular weight is 276 g/mol. The Labute approximate surface area is 118 Å². The Morgan fingerprint density at radius 2 is 2.15 bits per heavy atom. The van der Waals surface area contributed by atoms with E-state index in [9.17, 15) is 4.79 Å². The standard InChI is InChI=1S/C15H20N2O3/c1-19-15(18)14-8-12(2-5-16-14)11-3-6-17(7-4-11)13-9-20-10-13/h2,5,8,11,13H,3-4,6-7,9-10H2,1H3. The summed E-state index contributed by atoms with van der Waals surface area (Å²) < 4.78 is 9.98. The molecule has 20 heavy (non-hydrogen) atoms. The molecule has 5 heteroatoms. The molecule has 0 unspecified atom stereocenters. The zero-order valence-electron chi connectivity index (χ0n) is 11.7. The van der Waals surface area contributed by atoms with Crippen molar-refractivity contribution in [2.45, 2.75) is 24.8 Å². The van der Waals surface area contributed by atoms with Crippen LogP contribution in [0.4, 0.5) is 0 Å². The van der Waals surface area contributed by atoms with Crippen LogP contribution in [0.25, 0.3) is 0 Å². The molecule has 0 bridgehead atoms. The molecule has 0 radical (unpaired) electrons. The first kappa shape index (κ1) is 13.5. The van der Waals surface area contributed by atoms with Crippen LogP contribution in [-0.2, 0) is 9.47 Å². The number of hydrogen-bond acceptors (Lipinski definition) is 5. The maximum atomic E-state index is 11.5. The molecule has 1 aromatic rings. The van der Waals surface area contributed by atoms with Crippen LogP contribution >= 0.6 is 0 Å². The lowest BCUT2D eigenvalue weighted by molar-refractivity contribution is -0.0712. The topological polar surface area (TPSA) is 51.7 Å². The molecule has 2 aliphatic heterocycles. The lowest BCUT2D eigenvalue weighted by Crippen LogP contribution is -2.51. The van der Waals surface area contributed by atoms with Crippen molar-refractivity contribution in [3.63, 3.8) is 0 Å². The molecule has 0 amide bonds. The van der Waals surface area contributed by atoms with Crippen molar-refractivity contribution >= 4 is 5.97 Å². The van der Waals surface area contributed by atoms with Gasteiger partial charge in [0.1, 0.15) is 5.69 Å². The molecule has 1 aromatic heterocycles. The van der Waals surface area contributed by atoms with E-state index in [-0.39, 0.29) is 5.97 Å². The van der Waals surface area contributed by atoms with Crippen LogP contribution in [0.15, 0.2) is 18.3 Å². The SMILES string of the molecule is COC(=O)c1cc(C2CCN(C3COC3)CC2)ccn1. The molecule has 2 aliphatic rings. The van der Waals surface area contributed by atoms with Gasteiger partial charge in [-0.3, -0.25) is 4.90 Å². The normalized spacial score (nSPS) is 21.4. The van der Waals surface area contributed by atoms with Gasteiger partial charge in [0.15, 0.2) is 0 Å². The van der Waals surface area contributed by atoms with Crippen molar-refractivity contribution in [2.75, 3.05) is 33.4 Å². The van der Waals surface area contributed by atoms with E-state index >= 15 is 0 Å². The molecule has 0 atom stereocenters. The van der Waals surface area contributed by atoms with Gasteiger partial charge >= 0.3 is 5.97 Å². The number of nitrogens with zero attached hydrogens (tertiary/aromatic N) is 2. The van der Waals surface area contributed by atoms with Crippen molar-refractivity contribution in [3.8, 4) is 0 Å². The highest BCUT2D eigenvalue weighted by atomic mass is 16.5. The monoisotopic (exact) mass is 276 g/mol. The Morgan fingerprint density at radius 3 is 2.75 bits per heavy atom. The first-order valence-corrected chi connectivity index (χ1v) is 7.14. The maximum absolute atomic E-state index is 11.5. The molecule has 2 saturated heterocycles. The summed E-state index contributed by atoms with van der Waals surface area (Å²) in [6, 6.07) is 4.51. The zero-order valence-corrected chi connectivity index (χ0v) is 11.7. The quantitative estimate of drug-likeness (QED) is 0.782. The van der Waals surface area contributed by atoms with E-state index in [1.165, 1.54) is 12.7 Å². The van der Waals surface area contributed by atoms with E-state index in [0.717, 1.165) is 39.1 Å². The third kappa shape index (κ3) is 2.69. The van der Waals surface area contributed by atoms with Gasteiger partial charge in [-0.05, 0) is 49.5 Å². The van der Waals surface area contributed by atoms with Gasteiger partial charge in [0.25, 0.3) is 0 Å². The lowest BCUT2D eigenvalue weighted by atomic mass is 9.89. The summed E-state index contributed by atoms with van der Waals surface area (Å²) >= 11 is 0. The Morgan fingerprint density at radius 1 is 1.40 bits per heavy atom. The Bertz CT molecular complexity index is 480. The predicted molar refractivity (Wildman–Crippen MR) is 73.7 cm³/mol. The van der Waals surface area contributed by atoms with Crippen LogP contribution in [0.1, 0.15) is 34.8 Å². The second kappa shape index (κ2) is 5.89. The number of rotatable bonds is 3. The number of piperidine rings is 1. The van der Waals surface area contributed by atoms with Crippen molar-refractivity contribution < 1.29 is 14.3 Å². The molecule has 3 rings (SSSR count). The van der Waals surface area contributed by atoms with E-state index in [1.54, 1.807) is 6.20 Å². The van der Waals surface area contributed by atoms with Gasteiger partial charge in [-0.2, -0.15) is 0 Å². The smallest absolute Gasteiger partial charge is 0.356 e. The molecule has 0 saturated carbocycles. The maximum Gasteiger partial charge on any atom is 0.356 e. The number of likely N-dealkylation sites (tertiary alicyclic amines) is 1. The van der Waals surface area contributed by atoms with Crippen LogP contribution in [0, 0.1) is 0 Å². The first-order valence-electron chi connectivity index (χ1n) is 7.14. The molecule has 3 heterocycles. The fraction of sp³-hybridized carbons (Fsp3) is 0.600.